The number of hydrogen-bond acceptors (Lipinski definition) is 3. The fourth-order valence-electron chi connectivity index (χ4n) is 3.09. The lowest BCUT2D eigenvalue weighted by atomic mass is 9.96. The van der Waals surface area contributed by atoms with Crippen LogP contribution in [0.2, 0.25) is 0 Å². The molecule has 1 heterocycles. The molecule has 0 saturated heterocycles. The van der Waals surface area contributed by atoms with Crippen LogP contribution in [0.4, 0.5) is 5.69 Å². The summed E-state index contributed by atoms with van der Waals surface area (Å²) >= 11 is 1.51. The van der Waals surface area contributed by atoms with Gasteiger partial charge in [-0.3, -0.25) is 9.59 Å². The molecule has 0 bridgehead atoms. The summed E-state index contributed by atoms with van der Waals surface area (Å²) in [6.45, 7) is 0. The summed E-state index contributed by atoms with van der Waals surface area (Å²) in [6.07, 6.45) is 8.40. The smallest absolute Gasteiger partial charge is 0.251 e. The lowest BCUT2D eigenvalue weighted by Gasteiger charge is -2.22. The van der Waals surface area contributed by atoms with E-state index in [1.54, 1.807) is 6.07 Å². The molecule has 2 aliphatic rings. The average molecular weight is 318 g/mol. The lowest BCUT2D eigenvalue weighted by Crippen LogP contribution is -2.35. The summed E-state index contributed by atoms with van der Waals surface area (Å²) in [5.41, 5.74) is 1.38. The van der Waals surface area contributed by atoms with Crippen molar-refractivity contribution in [3.8, 4) is 0 Å². The van der Waals surface area contributed by atoms with Crippen LogP contribution in [0.3, 0.4) is 0 Å². The van der Waals surface area contributed by atoms with Crippen LogP contribution in [0.5, 0.6) is 0 Å². The number of amides is 2. The van der Waals surface area contributed by atoms with E-state index in [2.05, 4.69) is 10.6 Å². The molecular weight excluding hydrogens is 296 g/mol. The zero-order valence-corrected chi connectivity index (χ0v) is 13.5. The van der Waals surface area contributed by atoms with Crippen molar-refractivity contribution < 1.29 is 9.59 Å². The van der Waals surface area contributed by atoms with Gasteiger partial charge in [-0.25, -0.2) is 0 Å². The summed E-state index contributed by atoms with van der Waals surface area (Å²) in [7, 11) is 0. The number of nitrogens with one attached hydrogen (secondary N) is 2. The van der Waals surface area contributed by atoms with Gasteiger partial charge in [0.1, 0.15) is 0 Å². The van der Waals surface area contributed by atoms with Gasteiger partial charge in [0.15, 0.2) is 0 Å². The van der Waals surface area contributed by atoms with Gasteiger partial charge in [0, 0.05) is 16.5 Å². The highest BCUT2D eigenvalue weighted by Gasteiger charge is 2.19. The van der Waals surface area contributed by atoms with Gasteiger partial charge in [-0.1, -0.05) is 32.1 Å². The highest BCUT2D eigenvalue weighted by Crippen LogP contribution is 2.32. The van der Waals surface area contributed by atoms with E-state index < -0.39 is 0 Å². The van der Waals surface area contributed by atoms with Crippen LogP contribution in [0.1, 0.15) is 55.3 Å². The first kappa shape index (κ1) is 15.4. The molecule has 1 fully saturated rings. The Labute approximate surface area is 135 Å². The van der Waals surface area contributed by atoms with Crippen molar-refractivity contribution in [2.45, 2.75) is 55.9 Å². The Bertz CT molecular complexity index is 566. The highest BCUT2D eigenvalue weighted by molar-refractivity contribution is 8.00. The molecule has 1 aromatic rings. The summed E-state index contributed by atoms with van der Waals surface area (Å²) in [5, 5.41) is 6.00. The molecule has 1 saturated carbocycles. The maximum Gasteiger partial charge on any atom is 0.251 e. The molecule has 22 heavy (non-hydrogen) atoms. The molecule has 0 unspecified atom stereocenters. The topological polar surface area (TPSA) is 58.2 Å². The van der Waals surface area contributed by atoms with E-state index in [0.29, 0.717) is 11.3 Å². The van der Waals surface area contributed by atoms with E-state index in [-0.39, 0.29) is 17.9 Å². The maximum absolute atomic E-state index is 12.4. The van der Waals surface area contributed by atoms with E-state index >= 15 is 0 Å². The minimum absolute atomic E-state index is 0.00456. The van der Waals surface area contributed by atoms with Crippen molar-refractivity contribution in [1.82, 2.24) is 5.32 Å². The van der Waals surface area contributed by atoms with Gasteiger partial charge >= 0.3 is 0 Å². The predicted molar refractivity (Wildman–Crippen MR) is 89.4 cm³/mol. The Morgan fingerprint density at radius 2 is 1.86 bits per heavy atom. The fraction of sp³-hybridized carbons (Fsp3) is 0.529. The van der Waals surface area contributed by atoms with Gasteiger partial charge in [0.2, 0.25) is 5.91 Å². The Morgan fingerprint density at radius 3 is 2.64 bits per heavy atom. The van der Waals surface area contributed by atoms with Gasteiger partial charge in [-0.2, -0.15) is 0 Å². The first-order chi connectivity index (χ1) is 10.7. The zero-order valence-electron chi connectivity index (χ0n) is 12.7. The number of benzene rings is 1. The van der Waals surface area contributed by atoms with Crippen molar-refractivity contribution >= 4 is 29.3 Å². The van der Waals surface area contributed by atoms with Crippen LogP contribution >= 0.6 is 11.8 Å². The third-order valence-electron chi connectivity index (χ3n) is 4.31. The molecule has 4 nitrogen and oxygen atoms in total. The predicted octanol–water partition coefficient (Wildman–Crippen LogP) is 3.57. The van der Waals surface area contributed by atoms with Crippen LogP contribution in [-0.2, 0) is 4.79 Å². The maximum atomic E-state index is 12.4. The van der Waals surface area contributed by atoms with Crippen LogP contribution in [0.25, 0.3) is 0 Å². The van der Waals surface area contributed by atoms with Gasteiger partial charge < -0.3 is 10.6 Å². The van der Waals surface area contributed by atoms with E-state index in [0.717, 1.165) is 23.4 Å². The number of carbonyl (C=O) groups is 2. The van der Waals surface area contributed by atoms with Crippen LogP contribution < -0.4 is 10.6 Å². The number of hydrogen-bond donors (Lipinski definition) is 2. The first-order valence-corrected chi connectivity index (χ1v) is 9.08. The third-order valence-corrected chi connectivity index (χ3v) is 5.39. The number of carbonyl (C=O) groups excluding carboxylic acids is 2. The lowest BCUT2D eigenvalue weighted by molar-refractivity contribution is -0.113. The first-order valence-electron chi connectivity index (χ1n) is 8.10. The quantitative estimate of drug-likeness (QED) is 0.876. The molecule has 0 radical (unpaired) electrons. The number of rotatable bonds is 2. The fourth-order valence-corrected chi connectivity index (χ4v) is 3.88. The molecular formula is C17H22N2O2S. The van der Waals surface area contributed by atoms with Gasteiger partial charge in [0.05, 0.1) is 11.4 Å². The van der Waals surface area contributed by atoms with Crippen molar-refractivity contribution in [2.24, 2.45) is 0 Å². The second-order valence-corrected chi connectivity index (χ2v) is 7.08. The van der Waals surface area contributed by atoms with E-state index in [4.69, 9.17) is 0 Å². The molecule has 118 valence electrons. The summed E-state index contributed by atoms with van der Waals surface area (Å²) in [6, 6.07) is 5.85. The van der Waals surface area contributed by atoms with Gasteiger partial charge in [-0.15, -0.1) is 11.8 Å². The molecule has 1 aliphatic heterocycles. The van der Waals surface area contributed by atoms with Crippen LogP contribution in [0.15, 0.2) is 23.1 Å². The van der Waals surface area contributed by atoms with Crippen molar-refractivity contribution in [3.63, 3.8) is 0 Å². The Balaban J connectivity index is 1.66. The zero-order chi connectivity index (χ0) is 15.4. The van der Waals surface area contributed by atoms with Crippen LogP contribution in [0, 0.1) is 0 Å². The molecule has 2 amide bonds. The average Bonchev–Trinajstić information content (AvgIpc) is 2.49. The largest absolute Gasteiger partial charge is 0.349 e. The van der Waals surface area contributed by atoms with Crippen LogP contribution in [-0.4, -0.2) is 23.6 Å². The number of thioether (sulfide) groups is 1. The van der Waals surface area contributed by atoms with E-state index in [1.807, 2.05) is 12.1 Å². The number of fused-ring (bicyclic) bond motifs is 1. The molecule has 1 aromatic carbocycles. The molecule has 0 atom stereocenters. The van der Waals surface area contributed by atoms with Gasteiger partial charge in [0.25, 0.3) is 5.91 Å². The standard InChI is InChI=1S/C17H22N2O2S/c20-16-11-22-15-9-8-12(10-14(15)19-16)17(21)18-13-6-4-2-1-3-5-7-13/h8-10,13H,1-7,11H2,(H,18,21)(H,19,20). The minimum atomic E-state index is -0.0294. The molecule has 0 spiro atoms. The Kier molecular flexibility index (Phi) is 5.03. The SMILES string of the molecule is O=C1CSc2ccc(C(=O)NC3CCCCCCC3)cc2N1. The summed E-state index contributed by atoms with van der Waals surface area (Å²) in [4.78, 5) is 24.9. The normalized spacial score (nSPS) is 19.5. The Morgan fingerprint density at radius 1 is 1.14 bits per heavy atom. The third kappa shape index (κ3) is 3.83. The molecule has 0 aromatic heterocycles. The second kappa shape index (κ2) is 7.18. The number of anilines is 1. The molecule has 3 rings (SSSR count). The minimum Gasteiger partial charge on any atom is -0.349 e. The van der Waals surface area contributed by atoms with E-state index in [9.17, 15) is 9.59 Å². The molecule has 2 N–H and O–H groups in total. The van der Waals surface area contributed by atoms with Crippen molar-refractivity contribution in [2.75, 3.05) is 11.1 Å². The van der Waals surface area contributed by atoms with Crippen molar-refractivity contribution in [3.05, 3.63) is 23.8 Å². The summed E-state index contributed by atoms with van der Waals surface area (Å²) in [5.74, 6) is 0.411. The van der Waals surface area contributed by atoms with Crippen molar-refractivity contribution in [1.29, 1.82) is 0 Å². The monoisotopic (exact) mass is 318 g/mol. The highest BCUT2D eigenvalue weighted by atomic mass is 32.2. The van der Waals surface area contributed by atoms with E-state index in [1.165, 1.54) is 43.9 Å². The second-order valence-electron chi connectivity index (χ2n) is 6.06. The molecule has 5 heteroatoms. The van der Waals surface area contributed by atoms with Gasteiger partial charge in [-0.05, 0) is 31.0 Å². The molecule has 1 aliphatic carbocycles. The Hall–Kier alpha value is -1.49. The summed E-state index contributed by atoms with van der Waals surface area (Å²) < 4.78 is 0.